The lowest BCUT2D eigenvalue weighted by molar-refractivity contribution is -0.308. The molecule has 0 radical (unpaired) electrons. The number of carboxylic acid groups (broad SMARTS) is 1. The molecule has 11 unspecified atom stereocenters. The topological polar surface area (TPSA) is 320 Å². The van der Waals surface area contributed by atoms with Crippen LogP contribution in [0.1, 0.15) is 79.1 Å². The number of nitrogens with two attached hydrogens (primary N) is 1. The van der Waals surface area contributed by atoms with E-state index in [4.69, 9.17) is 24.7 Å². The average Bonchev–Trinajstić information content (AvgIpc) is 3.21. The van der Waals surface area contributed by atoms with Crippen molar-refractivity contribution in [3.63, 3.8) is 0 Å². The van der Waals surface area contributed by atoms with Crippen molar-refractivity contribution in [1.29, 1.82) is 0 Å². The number of esters is 1. The number of aliphatic hydroxyl groups excluding tert-OH is 9. The van der Waals surface area contributed by atoms with E-state index in [1.165, 1.54) is 13.0 Å². The van der Waals surface area contributed by atoms with Gasteiger partial charge in [-0.1, -0.05) is 98.9 Å². The summed E-state index contributed by atoms with van der Waals surface area (Å²) in [6, 6.07) is -1.15. The van der Waals surface area contributed by atoms with Gasteiger partial charge in [-0.15, -0.1) is 0 Å². The van der Waals surface area contributed by atoms with Gasteiger partial charge in [-0.05, 0) is 33.1 Å². The van der Waals surface area contributed by atoms with Crippen LogP contribution in [0.5, 0.6) is 0 Å². The van der Waals surface area contributed by atoms with Crippen LogP contribution in [0.25, 0.3) is 0 Å². The Kier molecular flexibility index (Phi) is 23.6. The smallest absolute Gasteiger partial charge is 0.311 e. The van der Waals surface area contributed by atoms with Gasteiger partial charge >= 0.3 is 11.9 Å². The van der Waals surface area contributed by atoms with Crippen LogP contribution in [-0.4, -0.2) is 166 Å². The second-order valence-corrected chi connectivity index (χ2v) is 17.6. The summed E-state index contributed by atoms with van der Waals surface area (Å²) in [4.78, 5) is 25.1. The van der Waals surface area contributed by atoms with Gasteiger partial charge in [0.15, 0.2) is 12.1 Å². The lowest BCUT2D eigenvalue weighted by atomic mass is 9.82. The molecule has 3 aliphatic rings. The number of fused-ring (bicyclic) bond motifs is 2. The highest BCUT2D eigenvalue weighted by Crippen LogP contribution is 2.38. The summed E-state index contributed by atoms with van der Waals surface area (Å²) in [5.41, 5.74) is 6.02. The van der Waals surface area contributed by atoms with Gasteiger partial charge in [0.1, 0.15) is 18.1 Å². The largest absolute Gasteiger partial charge is 0.481 e. The first kappa shape index (κ1) is 55.9. The van der Waals surface area contributed by atoms with Crippen molar-refractivity contribution in [3.05, 3.63) is 85.1 Å². The lowest BCUT2D eigenvalue weighted by Gasteiger charge is -2.45. The molecule has 3 aliphatic heterocycles. The number of carbonyl (C=O) groups is 2. The van der Waals surface area contributed by atoms with Crippen LogP contribution in [0, 0.1) is 17.8 Å². The zero-order chi connectivity index (χ0) is 48.4. The number of hydrogen-bond acceptors (Lipinski definition) is 17. The Bertz CT molecular complexity index is 1670. The van der Waals surface area contributed by atoms with E-state index in [2.05, 4.69) is 0 Å². The Balaban J connectivity index is 1.86. The summed E-state index contributed by atoms with van der Waals surface area (Å²) in [5, 5.41) is 118. The maximum Gasteiger partial charge on any atom is 0.311 e. The van der Waals surface area contributed by atoms with E-state index in [-0.39, 0.29) is 31.6 Å². The fraction of sp³-hybridized carbons (Fsp3) is 0.660. The van der Waals surface area contributed by atoms with Crippen LogP contribution in [0.2, 0.25) is 0 Å². The van der Waals surface area contributed by atoms with Gasteiger partial charge in [0.05, 0.1) is 79.6 Å². The Labute approximate surface area is 381 Å². The molecule has 3 heterocycles. The summed E-state index contributed by atoms with van der Waals surface area (Å²) in [5.74, 6) is -6.83. The van der Waals surface area contributed by atoms with E-state index in [0.717, 1.165) is 0 Å². The van der Waals surface area contributed by atoms with Crippen LogP contribution in [-0.2, 0) is 28.5 Å². The maximum absolute atomic E-state index is 12.6. The number of hydrogen-bond donors (Lipinski definition) is 12. The molecule has 0 saturated carbocycles. The Hall–Kier alpha value is -3.44. The molecular weight excluding hydrogens is 851 g/mol. The minimum Gasteiger partial charge on any atom is -0.481 e. The number of cyclic esters (lactones) is 1. The Morgan fingerprint density at radius 3 is 1.82 bits per heavy atom. The first-order valence-corrected chi connectivity index (χ1v) is 22.3. The summed E-state index contributed by atoms with van der Waals surface area (Å²) in [7, 11) is 0. The van der Waals surface area contributed by atoms with Crippen molar-refractivity contribution in [3.8, 4) is 0 Å². The molecule has 3 rings (SSSR count). The van der Waals surface area contributed by atoms with Gasteiger partial charge in [-0.2, -0.15) is 0 Å². The van der Waals surface area contributed by atoms with Crippen molar-refractivity contribution < 1.29 is 84.7 Å². The molecule has 0 amide bonds. The molecule has 18 nitrogen and oxygen atoms in total. The van der Waals surface area contributed by atoms with E-state index >= 15 is 0 Å². The maximum atomic E-state index is 12.6. The molecule has 2 fully saturated rings. The average molecular weight is 924 g/mol. The second-order valence-electron chi connectivity index (χ2n) is 17.6. The Morgan fingerprint density at radius 2 is 1.23 bits per heavy atom. The standard InChI is InChI=1S/C47H73NO17/c1-27-17-15-13-11-9-7-5-6-8-10-12-14-16-18-34(64-46-44(58)41(48)43(57)30(4)63-46)24-38-40(45(59)60)37(54)26-47(61,65-38)25-33(51)22-36(53)35(52)20-19-31(49)21-32(50)23-39(55)62-29(3)28(2)42(27)56/h5-18,27-38,40-44,46,49-54,56-58,61H,19-26,48H2,1-4H3,(H,59,60)/b6-5+,9-7+,10-8+,13-11+,14-12+,17-15+,18-16+/t27-,28-,29-,30+,31?,32?,33?,34?,35?,36?,37-,38-,40?,41-,42?,43?,44-,46?,47?/m0/s1. The van der Waals surface area contributed by atoms with Crippen LogP contribution in [0.15, 0.2) is 85.1 Å². The Morgan fingerprint density at radius 1 is 0.662 bits per heavy atom. The molecule has 0 aromatic rings. The fourth-order valence-corrected chi connectivity index (χ4v) is 7.97. The summed E-state index contributed by atoms with van der Waals surface area (Å²) in [6.07, 6.45) is 3.46. The van der Waals surface area contributed by atoms with Crippen LogP contribution in [0.4, 0.5) is 0 Å². The molecule has 0 aromatic carbocycles. The van der Waals surface area contributed by atoms with Gasteiger partial charge in [0.2, 0.25) is 0 Å². The molecular formula is C47H73NO17. The summed E-state index contributed by atoms with van der Waals surface area (Å²) < 4.78 is 23.1. The van der Waals surface area contributed by atoms with Gasteiger partial charge in [-0.25, -0.2) is 0 Å². The van der Waals surface area contributed by atoms with Gasteiger partial charge in [-0.3, -0.25) is 9.59 Å². The molecule has 18 heteroatoms. The third kappa shape index (κ3) is 18.6. The highest BCUT2D eigenvalue weighted by molar-refractivity contribution is 5.71. The third-order valence-electron chi connectivity index (χ3n) is 12.0. The molecule has 0 aliphatic carbocycles. The van der Waals surface area contributed by atoms with Crippen LogP contribution >= 0.6 is 0 Å². The number of carboxylic acids is 1. The molecule has 0 aromatic heterocycles. The molecule has 19 atom stereocenters. The zero-order valence-electron chi connectivity index (χ0n) is 37.6. The first-order chi connectivity index (χ1) is 30.6. The summed E-state index contributed by atoms with van der Waals surface area (Å²) in [6.45, 7) is 6.74. The number of aliphatic carboxylic acids is 1. The third-order valence-corrected chi connectivity index (χ3v) is 12.0. The number of ether oxygens (including phenoxy) is 4. The molecule has 13 N–H and O–H groups in total. The molecule has 2 saturated heterocycles. The molecule has 2 bridgehead atoms. The minimum absolute atomic E-state index is 0.107. The lowest BCUT2D eigenvalue weighted by Crippen LogP contribution is -2.61. The highest BCUT2D eigenvalue weighted by atomic mass is 16.7. The van der Waals surface area contributed by atoms with Crippen molar-refractivity contribution in [2.75, 3.05) is 0 Å². The van der Waals surface area contributed by atoms with Gasteiger partial charge < -0.3 is 80.9 Å². The minimum atomic E-state index is -2.33. The number of rotatable bonds is 3. The normalized spacial score (nSPS) is 45.5. The molecule has 65 heavy (non-hydrogen) atoms. The second kappa shape index (κ2) is 27.4. The van der Waals surface area contributed by atoms with Crippen molar-refractivity contribution in [2.45, 2.75) is 177 Å². The van der Waals surface area contributed by atoms with E-state index in [9.17, 15) is 65.8 Å². The molecule has 0 spiro atoms. The molecule has 368 valence electrons. The quantitative estimate of drug-likeness (QED) is 0.174. The van der Waals surface area contributed by atoms with E-state index in [0.29, 0.717) is 0 Å². The van der Waals surface area contributed by atoms with E-state index in [1.54, 1.807) is 80.7 Å². The van der Waals surface area contributed by atoms with Crippen LogP contribution in [0.3, 0.4) is 0 Å². The fourth-order valence-electron chi connectivity index (χ4n) is 7.97. The van der Waals surface area contributed by atoms with E-state index < -0.39 is 147 Å². The van der Waals surface area contributed by atoms with Gasteiger partial charge in [0.25, 0.3) is 0 Å². The van der Waals surface area contributed by atoms with Crippen LogP contribution < -0.4 is 5.73 Å². The van der Waals surface area contributed by atoms with Crippen molar-refractivity contribution in [1.82, 2.24) is 0 Å². The number of carbonyl (C=O) groups excluding carboxylic acids is 1. The number of aliphatic hydroxyl groups is 10. The first-order valence-electron chi connectivity index (χ1n) is 22.3. The van der Waals surface area contributed by atoms with Crippen molar-refractivity contribution >= 4 is 11.9 Å². The highest BCUT2D eigenvalue weighted by Gasteiger charge is 2.51. The SMILES string of the molecule is C[C@@H]1OC(=O)CC(O)CC(O)CCC(O)C(O)CC(O)CC2(O)C[C@H](O)C(C(=O)O)[C@H](CC(OC3O[C@H](C)C(O)[C@H](N)[C@@H]3O)/C=C/C=C/C=C/C=C/C=C/C=C/C=C/[C@H](C)C(O)[C@H]1C)O2. The van der Waals surface area contributed by atoms with E-state index in [1.807, 2.05) is 19.1 Å². The predicted molar refractivity (Wildman–Crippen MR) is 237 cm³/mol. The predicted octanol–water partition coefficient (Wildman–Crippen LogP) is 0.712. The van der Waals surface area contributed by atoms with Crippen molar-refractivity contribution in [2.24, 2.45) is 23.5 Å². The zero-order valence-corrected chi connectivity index (χ0v) is 37.6. The monoisotopic (exact) mass is 923 g/mol. The summed E-state index contributed by atoms with van der Waals surface area (Å²) >= 11 is 0. The van der Waals surface area contributed by atoms with Gasteiger partial charge in [0, 0.05) is 37.5 Å². The number of allylic oxidation sites excluding steroid dienone is 12.